The summed E-state index contributed by atoms with van der Waals surface area (Å²) in [7, 11) is 0. The molecule has 0 bridgehead atoms. The van der Waals surface area contributed by atoms with Crippen molar-refractivity contribution in [3.05, 3.63) is 71.3 Å². The van der Waals surface area contributed by atoms with E-state index in [0.29, 0.717) is 26.2 Å². The third kappa shape index (κ3) is 5.64. The fraction of sp³-hybridized carbons (Fsp3) is 0.350. The first-order valence-corrected chi connectivity index (χ1v) is 8.75. The van der Waals surface area contributed by atoms with Gasteiger partial charge in [0.05, 0.1) is 12.1 Å². The van der Waals surface area contributed by atoms with E-state index in [-0.39, 0.29) is 48.4 Å². The third-order valence-corrected chi connectivity index (χ3v) is 4.75. The first-order chi connectivity index (χ1) is 12.5. The number of nitrogens with two attached hydrogens (primary N) is 1. The Morgan fingerprint density at radius 2 is 1.25 bits per heavy atom. The van der Waals surface area contributed by atoms with Gasteiger partial charge in [-0.05, 0) is 42.3 Å². The lowest BCUT2D eigenvalue weighted by atomic mass is 9.96. The minimum Gasteiger partial charge on any atom is -0.339 e. The summed E-state index contributed by atoms with van der Waals surface area (Å²) in [6, 6.07) is 12.1. The predicted molar refractivity (Wildman–Crippen MR) is 111 cm³/mol. The fourth-order valence-electron chi connectivity index (χ4n) is 3.39. The Morgan fingerprint density at radius 1 is 0.857 bits per heavy atom. The second-order valence-electron chi connectivity index (χ2n) is 6.66. The van der Waals surface area contributed by atoms with Crippen LogP contribution in [-0.2, 0) is 4.79 Å². The fourth-order valence-corrected chi connectivity index (χ4v) is 3.39. The molecule has 0 aromatic heterocycles. The van der Waals surface area contributed by atoms with E-state index in [2.05, 4.69) is 4.90 Å². The number of amides is 1. The zero-order chi connectivity index (χ0) is 18.7. The number of benzene rings is 2. The molecule has 1 atom stereocenters. The average Bonchev–Trinajstić information content (AvgIpc) is 2.65. The second-order valence-corrected chi connectivity index (χ2v) is 6.66. The molecule has 1 heterocycles. The van der Waals surface area contributed by atoms with Gasteiger partial charge < -0.3 is 10.6 Å². The zero-order valence-corrected chi connectivity index (χ0v) is 17.2. The summed E-state index contributed by atoms with van der Waals surface area (Å²) in [5.41, 5.74) is 7.57. The molecule has 0 spiro atoms. The van der Waals surface area contributed by atoms with E-state index in [9.17, 15) is 13.6 Å². The topological polar surface area (TPSA) is 49.6 Å². The van der Waals surface area contributed by atoms with Gasteiger partial charge in [0.15, 0.2) is 0 Å². The molecule has 0 saturated carbocycles. The number of halogens is 4. The number of hydrogen-bond donors (Lipinski definition) is 1. The van der Waals surface area contributed by atoms with Crippen LogP contribution in [0.2, 0.25) is 0 Å². The number of hydrogen-bond acceptors (Lipinski definition) is 3. The highest BCUT2D eigenvalue weighted by molar-refractivity contribution is 5.85. The van der Waals surface area contributed by atoms with Gasteiger partial charge in [-0.1, -0.05) is 24.3 Å². The third-order valence-electron chi connectivity index (χ3n) is 4.75. The van der Waals surface area contributed by atoms with E-state index >= 15 is 0 Å². The molecule has 2 aromatic carbocycles. The van der Waals surface area contributed by atoms with E-state index in [1.54, 1.807) is 36.1 Å². The molecule has 1 amide bonds. The van der Waals surface area contributed by atoms with Crippen molar-refractivity contribution in [2.45, 2.75) is 19.0 Å². The molecule has 1 aliphatic heterocycles. The van der Waals surface area contributed by atoms with Crippen molar-refractivity contribution >= 4 is 30.7 Å². The summed E-state index contributed by atoms with van der Waals surface area (Å²) in [5.74, 6) is -0.636. The number of nitrogens with zero attached hydrogens (tertiary/aromatic N) is 2. The molecule has 0 radical (unpaired) electrons. The van der Waals surface area contributed by atoms with Gasteiger partial charge >= 0.3 is 0 Å². The molecule has 2 N–H and O–H groups in total. The molecule has 1 saturated heterocycles. The van der Waals surface area contributed by atoms with Gasteiger partial charge in [0.1, 0.15) is 11.6 Å². The Bertz CT molecular complexity index is 704. The van der Waals surface area contributed by atoms with Crippen molar-refractivity contribution in [1.82, 2.24) is 9.80 Å². The standard InChI is InChI=1S/C20H23F2N3O.2ClH/c1-14(23)20(26)25-12-10-24(11-13-25)19(15-2-6-17(21)7-3-15)16-4-8-18(22)9-5-16;;/h2-9,14,19H,10-13,23H2,1H3;2*1H/t14-;;/m1../s1. The number of carbonyl (C=O) groups excluding carboxylic acids is 1. The molecule has 2 aromatic rings. The van der Waals surface area contributed by atoms with Crippen LogP contribution in [0.1, 0.15) is 24.1 Å². The average molecular weight is 432 g/mol. The van der Waals surface area contributed by atoms with Crippen LogP contribution >= 0.6 is 24.8 Å². The van der Waals surface area contributed by atoms with Gasteiger partial charge in [-0.3, -0.25) is 9.69 Å². The number of piperazine rings is 1. The van der Waals surface area contributed by atoms with Crippen molar-refractivity contribution in [1.29, 1.82) is 0 Å². The first-order valence-electron chi connectivity index (χ1n) is 8.75. The summed E-state index contributed by atoms with van der Waals surface area (Å²) in [5, 5.41) is 0. The van der Waals surface area contributed by atoms with E-state index in [1.165, 1.54) is 24.3 Å². The lowest BCUT2D eigenvalue weighted by Gasteiger charge is -2.40. The summed E-state index contributed by atoms with van der Waals surface area (Å²) in [6.45, 7) is 4.18. The predicted octanol–water partition coefficient (Wildman–Crippen LogP) is 3.39. The lowest BCUT2D eigenvalue weighted by Crippen LogP contribution is -2.53. The van der Waals surface area contributed by atoms with Crippen molar-refractivity contribution in [3.8, 4) is 0 Å². The minimum absolute atomic E-state index is 0. The minimum atomic E-state index is -0.508. The van der Waals surface area contributed by atoms with Gasteiger partial charge in [-0.2, -0.15) is 0 Å². The molecule has 28 heavy (non-hydrogen) atoms. The van der Waals surface area contributed by atoms with Crippen LogP contribution in [0.3, 0.4) is 0 Å². The van der Waals surface area contributed by atoms with Gasteiger partial charge in [0, 0.05) is 26.2 Å². The maximum Gasteiger partial charge on any atom is 0.239 e. The van der Waals surface area contributed by atoms with Crippen LogP contribution in [-0.4, -0.2) is 47.9 Å². The van der Waals surface area contributed by atoms with Gasteiger partial charge in [0.25, 0.3) is 0 Å². The first kappa shape index (κ1) is 24.3. The van der Waals surface area contributed by atoms with Crippen LogP contribution in [0, 0.1) is 11.6 Å². The lowest BCUT2D eigenvalue weighted by molar-refractivity contribution is -0.134. The summed E-state index contributed by atoms with van der Waals surface area (Å²) in [4.78, 5) is 16.1. The van der Waals surface area contributed by atoms with Crippen LogP contribution in [0.5, 0.6) is 0 Å². The Balaban J connectivity index is 0.00000196. The Hall–Kier alpha value is -1.73. The Morgan fingerprint density at radius 3 is 1.61 bits per heavy atom. The summed E-state index contributed by atoms with van der Waals surface area (Å²) in [6.07, 6.45) is 0. The normalized spacial score (nSPS) is 15.5. The van der Waals surface area contributed by atoms with Crippen LogP contribution in [0.25, 0.3) is 0 Å². The molecule has 3 rings (SSSR count). The van der Waals surface area contributed by atoms with Gasteiger partial charge in [-0.15, -0.1) is 24.8 Å². The Labute approximate surface area is 176 Å². The summed E-state index contributed by atoms with van der Waals surface area (Å²) < 4.78 is 26.7. The maximum absolute atomic E-state index is 13.3. The van der Waals surface area contributed by atoms with E-state index in [1.807, 2.05) is 0 Å². The SMILES string of the molecule is C[C@@H](N)C(=O)N1CCN(C(c2ccc(F)cc2)c2ccc(F)cc2)CC1.Cl.Cl. The highest BCUT2D eigenvalue weighted by Crippen LogP contribution is 2.30. The van der Waals surface area contributed by atoms with Gasteiger partial charge in [0.2, 0.25) is 5.91 Å². The molecule has 4 nitrogen and oxygen atoms in total. The molecule has 154 valence electrons. The Kier molecular flexibility index (Phi) is 9.30. The van der Waals surface area contributed by atoms with E-state index in [0.717, 1.165) is 11.1 Å². The number of rotatable bonds is 4. The van der Waals surface area contributed by atoms with Crippen LogP contribution in [0.15, 0.2) is 48.5 Å². The van der Waals surface area contributed by atoms with E-state index in [4.69, 9.17) is 5.73 Å². The maximum atomic E-state index is 13.3. The highest BCUT2D eigenvalue weighted by atomic mass is 35.5. The van der Waals surface area contributed by atoms with Crippen LogP contribution in [0.4, 0.5) is 8.78 Å². The molecule has 0 aliphatic carbocycles. The highest BCUT2D eigenvalue weighted by Gasteiger charge is 2.29. The largest absolute Gasteiger partial charge is 0.339 e. The van der Waals surface area contributed by atoms with Crippen molar-refractivity contribution in [3.63, 3.8) is 0 Å². The summed E-state index contributed by atoms with van der Waals surface area (Å²) >= 11 is 0. The van der Waals surface area contributed by atoms with Crippen molar-refractivity contribution in [2.24, 2.45) is 5.73 Å². The van der Waals surface area contributed by atoms with Crippen LogP contribution < -0.4 is 5.73 Å². The van der Waals surface area contributed by atoms with Gasteiger partial charge in [-0.25, -0.2) is 8.78 Å². The molecule has 1 fully saturated rings. The molecular weight excluding hydrogens is 407 g/mol. The smallest absolute Gasteiger partial charge is 0.239 e. The second kappa shape index (κ2) is 10.7. The number of carbonyl (C=O) groups is 1. The van der Waals surface area contributed by atoms with E-state index < -0.39 is 6.04 Å². The molecule has 1 aliphatic rings. The monoisotopic (exact) mass is 431 g/mol. The zero-order valence-electron chi connectivity index (χ0n) is 15.6. The quantitative estimate of drug-likeness (QED) is 0.806. The van der Waals surface area contributed by atoms with Crippen molar-refractivity contribution < 1.29 is 13.6 Å². The molecule has 8 heteroatoms. The molecular formula is C20H25Cl2F2N3O. The van der Waals surface area contributed by atoms with Crippen molar-refractivity contribution in [2.75, 3.05) is 26.2 Å². The molecule has 0 unspecified atom stereocenters.